The van der Waals surface area contributed by atoms with Crippen LogP contribution in [0.15, 0.2) is 23.4 Å². The van der Waals surface area contributed by atoms with Gasteiger partial charge < -0.3 is 4.79 Å². The number of ketones is 2. The van der Waals surface area contributed by atoms with E-state index < -0.39 is 10.8 Å². The maximum Gasteiger partial charge on any atom is 0.226 e. The van der Waals surface area contributed by atoms with E-state index in [4.69, 9.17) is 6.57 Å². The molecule has 3 saturated carbocycles. The van der Waals surface area contributed by atoms with Crippen LogP contribution < -0.4 is 4.72 Å². The number of hydrogen-bond acceptors (Lipinski definition) is 4. The standard InChI is InChI=1S/C32H46N2O2S/c1-10-37-34-32-15-13-27(2,3)18-20(32)25-22(35)17-24-29(6)19-21(33-9)26(36)28(4,5)23(29)11-12-30(24,7)31(25,8)14-16-32/h17,19-20,23,25,34H,10-16,18H2,1-8H3/t20-,23-,25-,29-,30+,31+,32-/m0/s1. The lowest BCUT2D eigenvalue weighted by Crippen LogP contribution is -2.68. The van der Waals surface area contributed by atoms with Crippen LogP contribution in [-0.2, 0) is 9.59 Å². The van der Waals surface area contributed by atoms with Gasteiger partial charge in [0.15, 0.2) is 11.6 Å². The molecule has 0 unspecified atom stereocenters. The van der Waals surface area contributed by atoms with E-state index in [0.717, 1.165) is 44.3 Å². The van der Waals surface area contributed by atoms with Gasteiger partial charge in [0.05, 0.1) is 6.57 Å². The number of rotatable bonds is 3. The van der Waals surface area contributed by atoms with Crippen molar-refractivity contribution < 1.29 is 9.59 Å². The van der Waals surface area contributed by atoms with Gasteiger partial charge in [-0.1, -0.05) is 79.0 Å². The lowest BCUT2D eigenvalue weighted by atomic mass is 9.35. The second kappa shape index (κ2) is 8.31. The van der Waals surface area contributed by atoms with E-state index in [9.17, 15) is 9.59 Å². The minimum Gasteiger partial charge on any atom is -0.307 e. The van der Waals surface area contributed by atoms with Crippen LogP contribution in [0.2, 0.25) is 0 Å². The Morgan fingerprint density at radius 1 is 1.03 bits per heavy atom. The second-order valence-corrected chi connectivity index (χ2v) is 16.0. The number of allylic oxidation sites excluding steroid dienone is 4. The molecule has 4 nitrogen and oxygen atoms in total. The summed E-state index contributed by atoms with van der Waals surface area (Å²) >= 11 is 1.82. The van der Waals surface area contributed by atoms with Gasteiger partial charge in [0.2, 0.25) is 5.70 Å². The quantitative estimate of drug-likeness (QED) is 0.307. The molecule has 0 radical (unpaired) electrons. The van der Waals surface area contributed by atoms with Crippen molar-refractivity contribution in [3.63, 3.8) is 0 Å². The molecule has 0 saturated heterocycles. The zero-order valence-corrected chi connectivity index (χ0v) is 25.0. The number of hydrogen-bond donors (Lipinski definition) is 1. The highest BCUT2D eigenvalue weighted by molar-refractivity contribution is 7.97. The first-order valence-electron chi connectivity index (χ1n) is 14.4. The van der Waals surface area contributed by atoms with Crippen molar-refractivity contribution in [2.24, 2.45) is 44.8 Å². The third-order valence-corrected chi connectivity index (χ3v) is 13.1. The number of nitrogens with zero attached hydrogens (tertiary/aromatic N) is 1. The fourth-order valence-corrected chi connectivity index (χ4v) is 10.8. The van der Waals surface area contributed by atoms with E-state index in [0.29, 0.717) is 11.7 Å². The highest BCUT2D eigenvalue weighted by atomic mass is 32.2. The molecule has 0 aromatic heterocycles. The van der Waals surface area contributed by atoms with Crippen LogP contribution >= 0.6 is 11.9 Å². The van der Waals surface area contributed by atoms with Crippen molar-refractivity contribution in [3.05, 3.63) is 34.8 Å². The molecule has 0 bridgehead atoms. The Morgan fingerprint density at radius 2 is 1.70 bits per heavy atom. The van der Waals surface area contributed by atoms with Crippen LogP contribution in [0.4, 0.5) is 0 Å². The molecule has 0 spiro atoms. The van der Waals surface area contributed by atoms with E-state index in [-0.39, 0.29) is 45.1 Å². The van der Waals surface area contributed by atoms with Gasteiger partial charge >= 0.3 is 0 Å². The van der Waals surface area contributed by atoms with Crippen LogP contribution in [-0.4, -0.2) is 22.9 Å². The van der Waals surface area contributed by atoms with Gasteiger partial charge in [0.1, 0.15) is 0 Å². The number of carbonyl (C=O) groups excluding carboxylic acids is 2. The van der Waals surface area contributed by atoms with Crippen molar-refractivity contribution in [2.45, 2.75) is 106 Å². The lowest BCUT2D eigenvalue weighted by molar-refractivity contribution is -0.159. The first-order chi connectivity index (χ1) is 17.1. The normalized spacial score (nSPS) is 45.9. The van der Waals surface area contributed by atoms with Crippen LogP contribution in [0, 0.1) is 51.4 Å². The molecule has 0 aliphatic heterocycles. The fourth-order valence-electron chi connectivity index (χ4n) is 9.99. The lowest BCUT2D eigenvalue weighted by Gasteiger charge is -2.69. The first-order valence-corrected chi connectivity index (χ1v) is 15.4. The Kier molecular flexibility index (Phi) is 6.11. The monoisotopic (exact) mass is 522 g/mol. The van der Waals surface area contributed by atoms with Gasteiger partial charge in [0.25, 0.3) is 0 Å². The number of nitrogens with one attached hydrogen (secondary N) is 1. The zero-order valence-electron chi connectivity index (χ0n) is 24.2. The molecule has 1 N–H and O–H groups in total. The molecule has 0 aromatic carbocycles. The summed E-state index contributed by atoms with van der Waals surface area (Å²) in [7, 11) is 0. The topological polar surface area (TPSA) is 50.5 Å². The molecular formula is C32H46N2O2S. The van der Waals surface area contributed by atoms with Crippen LogP contribution in [0.3, 0.4) is 0 Å². The molecule has 5 aliphatic carbocycles. The SMILES string of the molecule is [C-]#[N+]C1=C[C@]2(C)C3=CC(=O)[C@@H]4[C@@H]5CC(C)(C)CC[C@]5(NSCC)CC[C@@]4(C)[C@]3(C)CC[C@H]2C(C)(C)C1=O. The molecule has 5 aliphatic rings. The first kappa shape index (κ1) is 27.2. The predicted octanol–water partition coefficient (Wildman–Crippen LogP) is 7.57. The third kappa shape index (κ3) is 3.50. The molecular weight excluding hydrogens is 476 g/mol. The Morgan fingerprint density at radius 3 is 2.35 bits per heavy atom. The van der Waals surface area contributed by atoms with E-state index >= 15 is 0 Å². The summed E-state index contributed by atoms with van der Waals surface area (Å²) in [6.07, 6.45) is 11.5. The molecule has 0 amide bonds. The Labute approximate surface area is 228 Å². The predicted molar refractivity (Wildman–Crippen MR) is 151 cm³/mol. The highest BCUT2D eigenvalue weighted by Gasteiger charge is 2.69. The summed E-state index contributed by atoms with van der Waals surface area (Å²) in [5.74, 6) is 1.71. The van der Waals surface area contributed by atoms with Gasteiger partial charge in [-0.05, 0) is 79.1 Å². The Balaban J connectivity index is 1.67. The molecule has 7 atom stereocenters. The maximum atomic E-state index is 14.4. The number of fused-ring (bicyclic) bond motifs is 7. The van der Waals surface area contributed by atoms with Gasteiger partial charge in [-0.25, -0.2) is 4.85 Å². The van der Waals surface area contributed by atoms with Crippen LogP contribution in [0.5, 0.6) is 0 Å². The van der Waals surface area contributed by atoms with E-state index in [1.165, 1.54) is 12.0 Å². The molecule has 0 heterocycles. The third-order valence-electron chi connectivity index (χ3n) is 12.3. The van der Waals surface area contributed by atoms with Crippen LogP contribution in [0.25, 0.3) is 4.85 Å². The summed E-state index contributed by atoms with van der Waals surface area (Å²) in [4.78, 5) is 31.4. The van der Waals surface area contributed by atoms with Crippen molar-refractivity contribution >= 4 is 23.5 Å². The molecule has 5 rings (SSSR count). The second-order valence-electron chi connectivity index (χ2n) is 14.9. The molecule has 202 valence electrons. The van der Waals surface area contributed by atoms with E-state index in [1.54, 1.807) is 0 Å². The van der Waals surface area contributed by atoms with Crippen molar-refractivity contribution in [2.75, 3.05) is 5.75 Å². The largest absolute Gasteiger partial charge is 0.307 e. The highest BCUT2D eigenvalue weighted by Crippen LogP contribution is 2.73. The van der Waals surface area contributed by atoms with E-state index in [2.05, 4.69) is 51.1 Å². The smallest absolute Gasteiger partial charge is 0.226 e. The summed E-state index contributed by atoms with van der Waals surface area (Å²) in [6.45, 7) is 25.8. The average Bonchev–Trinajstić information content (AvgIpc) is 2.82. The number of carbonyl (C=O) groups is 2. The maximum absolute atomic E-state index is 14.4. The minimum atomic E-state index is -0.608. The Bertz CT molecular complexity index is 1140. The van der Waals surface area contributed by atoms with Gasteiger partial charge in [-0.3, -0.25) is 9.52 Å². The van der Waals surface area contributed by atoms with E-state index in [1.807, 2.05) is 37.9 Å². The van der Waals surface area contributed by atoms with Crippen molar-refractivity contribution in [1.29, 1.82) is 0 Å². The zero-order chi connectivity index (χ0) is 27.2. The molecule has 37 heavy (non-hydrogen) atoms. The molecule has 0 aromatic rings. The summed E-state index contributed by atoms with van der Waals surface area (Å²) < 4.78 is 3.93. The summed E-state index contributed by atoms with van der Waals surface area (Å²) in [5, 5.41) is 0. The van der Waals surface area contributed by atoms with Gasteiger partial charge in [-0.2, -0.15) is 0 Å². The van der Waals surface area contributed by atoms with Crippen molar-refractivity contribution in [3.8, 4) is 0 Å². The molecule has 3 fully saturated rings. The Hall–Kier alpha value is -1.38. The average molecular weight is 523 g/mol. The molecule has 5 heteroatoms. The van der Waals surface area contributed by atoms with Gasteiger partial charge in [-0.15, -0.1) is 0 Å². The summed E-state index contributed by atoms with van der Waals surface area (Å²) in [5.41, 5.74) is 0.373. The van der Waals surface area contributed by atoms with Crippen LogP contribution in [0.1, 0.15) is 100 Å². The summed E-state index contributed by atoms with van der Waals surface area (Å²) in [6, 6.07) is 0. The van der Waals surface area contributed by atoms with Gasteiger partial charge in [0, 0.05) is 28.0 Å². The fraction of sp³-hybridized carbons (Fsp3) is 0.781. The van der Waals surface area contributed by atoms with Crippen molar-refractivity contribution in [1.82, 2.24) is 4.72 Å². The number of Topliss-reactive ketones (excluding diaryl/α,β-unsaturated/α-hetero) is 1. The minimum absolute atomic E-state index is 0.00206.